The molecule has 138 valence electrons. The van der Waals surface area contributed by atoms with Crippen molar-refractivity contribution >= 4 is 34.5 Å². The third-order valence-corrected chi connectivity index (χ3v) is 4.60. The molecule has 3 aromatic rings. The van der Waals surface area contributed by atoms with Crippen LogP contribution in [0.2, 0.25) is 0 Å². The molecule has 2 N–H and O–H groups in total. The van der Waals surface area contributed by atoms with Gasteiger partial charge in [0, 0.05) is 29.4 Å². The Morgan fingerprint density at radius 2 is 1.81 bits per heavy atom. The number of thiazole rings is 1. The maximum atomic E-state index is 12.3. The Hall–Kier alpha value is -3.06. The Morgan fingerprint density at radius 1 is 1.04 bits per heavy atom. The lowest BCUT2D eigenvalue weighted by atomic mass is 10.2. The van der Waals surface area contributed by atoms with Crippen LogP contribution in [0.5, 0.6) is 0 Å². The number of hydrogen-bond acceptors (Lipinski definition) is 5. The maximum absolute atomic E-state index is 12.3. The van der Waals surface area contributed by atoms with Crippen LogP contribution in [0.4, 0.5) is 11.4 Å². The maximum Gasteiger partial charge on any atom is 0.230 e. The van der Waals surface area contributed by atoms with Crippen LogP contribution in [-0.4, -0.2) is 21.8 Å². The minimum atomic E-state index is -0.162. The van der Waals surface area contributed by atoms with Crippen LogP contribution in [0.1, 0.15) is 25.5 Å². The second-order valence-electron chi connectivity index (χ2n) is 5.96. The molecule has 0 bridgehead atoms. The van der Waals surface area contributed by atoms with Crippen molar-refractivity contribution in [3.8, 4) is 10.7 Å². The van der Waals surface area contributed by atoms with Gasteiger partial charge in [-0.2, -0.15) is 0 Å². The van der Waals surface area contributed by atoms with E-state index < -0.39 is 0 Å². The predicted octanol–water partition coefficient (Wildman–Crippen LogP) is 4.12. The molecular formula is C20H20N4O2S. The number of carbonyl (C=O) groups is 2. The summed E-state index contributed by atoms with van der Waals surface area (Å²) < 4.78 is 0. The van der Waals surface area contributed by atoms with Gasteiger partial charge in [-0.3, -0.25) is 14.6 Å². The molecule has 0 saturated carbocycles. The number of amides is 2. The lowest BCUT2D eigenvalue weighted by Crippen LogP contribution is -2.15. The third kappa shape index (κ3) is 5.46. The zero-order valence-electron chi connectivity index (χ0n) is 14.9. The quantitative estimate of drug-likeness (QED) is 0.646. The van der Waals surface area contributed by atoms with E-state index in [1.165, 1.54) is 11.3 Å². The highest BCUT2D eigenvalue weighted by atomic mass is 32.1. The van der Waals surface area contributed by atoms with Gasteiger partial charge in [0.1, 0.15) is 5.01 Å². The molecule has 1 aromatic carbocycles. The van der Waals surface area contributed by atoms with Crippen molar-refractivity contribution in [2.75, 3.05) is 10.6 Å². The molecule has 0 spiro atoms. The number of aromatic nitrogens is 2. The van der Waals surface area contributed by atoms with Crippen LogP contribution >= 0.6 is 11.3 Å². The van der Waals surface area contributed by atoms with Crippen LogP contribution in [-0.2, 0) is 16.0 Å². The summed E-state index contributed by atoms with van der Waals surface area (Å²) in [6.07, 6.45) is 3.15. The first kappa shape index (κ1) is 18.7. The molecule has 0 aliphatic rings. The fourth-order valence-electron chi connectivity index (χ4n) is 2.49. The van der Waals surface area contributed by atoms with Crippen LogP contribution in [0.3, 0.4) is 0 Å². The van der Waals surface area contributed by atoms with E-state index in [1.54, 1.807) is 30.5 Å². The molecule has 6 nitrogen and oxygen atoms in total. The third-order valence-electron chi connectivity index (χ3n) is 3.68. The average molecular weight is 380 g/mol. The lowest BCUT2D eigenvalue weighted by molar-refractivity contribution is -0.116. The van der Waals surface area contributed by atoms with Gasteiger partial charge in [0.15, 0.2) is 0 Å². The molecule has 0 aliphatic heterocycles. The van der Waals surface area contributed by atoms with E-state index in [9.17, 15) is 9.59 Å². The summed E-state index contributed by atoms with van der Waals surface area (Å²) in [6.45, 7) is 1.95. The van der Waals surface area contributed by atoms with Crippen LogP contribution in [0, 0.1) is 0 Å². The molecule has 27 heavy (non-hydrogen) atoms. The van der Waals surface area contributed by atoms with Gasteiger partial charge in [0.2, 0.25) is 11.8 Å². The van der Waals surface area contributed by atoms with Crippen molar-refractivity contribution < 1.29 is 9.59 Å². The fourth-order valence-corrected chi connectivity index (χ4v) is 3.29. The molecule has 0 radical (unpaired) electrons. The van der Waals surface area contributed by atoms with Crippen molar-refractivity contribution in [1.29, 1.82) is 0 Å². The Kier molecular flexibility index (Phi) is 6.27. The first-order valence-corrected chi connectivity index (χ1v) is 9.57. The van der Waals surface area contributed by atoms with Crippen LogP contribution in [0.15, 0.2) is 54.0 Å². The zero-order valence-corrected chi connectivity index (χ0v) is 15.8. The number of benzene rings is 1. The number of nitrogens with one attached hydrogen (secondary N) is 2. The minimum absolute atomic E-state index is 0.0366. The number of nitrogens with zero attached hydrogens (tertiary/aromatic N) is 2. The topological polar surface area (TPSA) is 84.0 Å². The van der Waals surface area contributed by atoms with Gasteiger partial charge < -0.3 is 10.6 Å². The Morgan fingerprint density at radius 3 is 2.52 bits per heavy atom. The summed E-state index contributed by atoms with van der Waals surface area (Å²) in [7, 11) is 0. The Bertz CT molecular complexity index is 924. The van der Waals surface area contributed by atoms with Gasteiger partial charge in [0.05, 0.1) is 17.8 Å². The first-order chi connectivity index (χ1) is 13.1. The standard InChI is InChI=1S/C20H20N4O2S/c1-2-6-18(25)22-14-7-5-8-15(11-14)23-19(26)12-16-13-27-20(24-16)17-9-3-4-10-21-17/h3-5,7-11,13H,2,6,12H2,1H3,(H,22,25)(H,23,26). The van der Waals surface area contributed by atoms with Gasteiger partial charge in [-0.05, 0) is 36.8 Å². The molecule has 2 amide bonds. The van der Waals surface area contributed by atoms with E-state index in [4.69, 9.17) is 0 Å². The highest BCUT2D eigenvalue weighted by Crippen LogP contribution is 2.22. The van der Waals surface area contributed by atoms with Gasteiger partial charge in [-0.25, -0.2) is 4.98 Å². The zero-order chi connectivity index (χ0) is 19.1. The molecule has 0 unspecified atom stereocenters. The van der Waals surface area contributed by atoms with Crippen molar-refractivity contribution in [1.82, 2.24) is 9.97 Å². The smallest absolute Gasteiger partial charge is 0.230 e. The number of carbonyl (C=O) groups excluding carboxylic acids is 2. The Labute approximate surface area is 161 Å². The van der Waals surface area contributed by atoms with E-state index in [0.29, 0.717) is 23.5 Å². The second-order valence-corrected chi connectivity index (χ2v) is 6.82. The summed E-state index contributed by atoms with van der Waals surface area (Å²) in [5.74, 6) is -0.199. The van der Waals surface area contributed by atoms with Crippen LogP contribution in [0.25, 0.3) is 10.7 Å². The molecule has 2 aromatic heterocycles. The SMILES string of the molecule is CCCC(=O)Nc1cccc(NC(=O)Cc2csc(-c3ccccn3)n2)c1. The number of pyridine rings is 1. The average Bonchev–Trinajstić information content (AvgIpc) is 3.11. The highest BCUT2D eigenvalue weighted by Gasteiger charge is 2.10. The van der Waals surface area contributed by atoms with Crippen molar-refractivity contribution in [3.05, 3.63) is 59.7 Å². The summed E-state index contributed by atoms with van der Waals surface area (Å²) in [6, 6.07) is 12.8. The van der Waals surface area contributed by atoms with Crippen molar-refractivity contribution in [2.45, 2.75) is 26.2 Å². The predicted molar refractivity (Wildman–Crippen MR) is 108 cm³/mol. The molecule has 0 saturated heterocycles. The van der Waals surface area contributed by atoms with E-state index in [2.05, 4.69) is 20.6 Å². The lowest BCUT2D eigenvalue weighted by Gasteiger charge is -2.08. The molecule has 7 heteroatoms. The monoisotopic (exact) mass is 380 g/mol. The largest absolute Gasteiger partial charge is 0.326 e. The normalized spacial score (nSPS) is 10.4. The molecule has 0 fully saturated rings. The summed E-state index contributed by atoms with van der Waals surface area (Å²) >= 11 is 1.46. The van der Waals surface area contributed by atoms with Crippen molar-refractivity contribution in [3.63, 3.8) is 0 Å². The summed E-state index contributed by atoms with van der Waals surface area (Å²) in [4.78, 5) is 32.8. The molecular weight excluding hydrogens is 360 g/mol. The molecule has 0 aliphatic carbocycles. The number of hydrogen-bond donors (Lipinski definition) is 2. The Balaban J connectivity index is 1.60. The van der Waals surface area contributed by atoms with Gasteiger partial charge in [0.25, 0.3) is 0 Å². The first-order valence-electron chi connectivity index (χ1n) is 8.69. The summed E-state index contributed by atoms with van der Waals surface area (Å²) in [5, 5.41) is 8.32. The number of anilines is 2. The van der Waals surface area contributed by atoms with Crippen LogP contribution < -0.4 is 10.6 Å². The van der Waals surface area contributed by atoms with Crippen molar-refractivity contribution in [2.24, 2.45) is 0 Å². The minimum Gasteiger partial charge on any atom is -0.326 e. The van der Waals surface area contributed by atoms with E-state index in [1.807, 2.05) is 30.5 Å². The second kappa shape index (κ2) is 9.05. The fraction of sp³-hybridized carbons (Fsp3) is 0.200. The molecule has 0 atom stereocenters. The number of rotatable bonds is 7. The molecule has 3 rings (SSSR count). The molecule has 2 heterocycles. The van der Waals surface area contributed by atoms with Gasteiger partial charge >= 0.3 is 0 Å². The van der Waals surface area contributed by atoms with E-state index in [-0.39, 0.29) is 18.2 Å². The summed E-state index contributed by atoms with van der Waals surface area (Å²) in [5.41, 5.74) is 2.79. The van der Waals surface area contributed by atoms with E-state index >= 15 is 0 Å². The highest BCUT2D eigenvalue weighted by molar-refractivity contribution is 7.13. The van der Waals surface area contributed by atoms with E-state index in [0.717, 1.165) is 17.1 Å². The van der Waals surface area contributed by atoms with Gasteiger partial charge in [-0.15, -0.1) is 11.3 Å². The van der Waals surface area contributed by atoms with Gasteiger partial charge in [-0.1, -0.05) is 19.1 Å².